The smallest absolute Gasteiger partial charge is 0.225 e. The van der Waals surface area contributed by atoms with E-state index in [0.29, 0.717) is 12.1 Å². The van der Waals surface area contributed by atoms with Gasteiger partial charge < -0.3 is 10.1 Å². The predicted octanol–water partition coefficient (Wildman–Crippen LogP) is 3.56. The van der Waals surface area contributed by atoms with Crippen LogP contribution in [0.2, 0.25) is 0 Å². The Morgan fingerprint density at radius 2 is 2.21 bits per heavy atom. The van der Waals surface area contributed by atoms with Crippen LogP contribution in [0.3, 0.4) is 0 Å². The molecule has 1 N–H and O–H groups in total. The first-order valence-electron chi connectivity index (χ1n) is 7.47. The second-order valence-corrected chi connectivity index (χ2v) is 5.39. The van der Waals surface area contributed by atoms with E-state index in [1.165, 1.54) is 19.3 Å². The van der Waals surface area contributed by atoms with Crippen LogP contribution in [0.15, 0.2) is 6.20 Å². The molecule has 0 amide bonds. The van der Waals surface area contributed by atoms with E-state index in [1.54, 1.807) is 0 Å². The normalized spacial score (nSPS) is 23.1. The van der Waals surface area contributed by atoms with Crippen LogP contribution in [0.25, 0.3) is 0 Å². The molecule has 2 unspecified atom stereocenters. The van der Waals surface area contributed by atoms with Gasteiger partial charge in [0.1, 0.15) is 6.10 Å². The van der Waals surface area contributed by atoms with Crippen LogP contribution in [0.1, 0.15) is 51.5 Å². The molecule has 0 radical (unpaired) electrons. The van der Waals surface area contributed by atoms with Crippen molar-refractivity contribution in [3.05, 3.63) is 11.8 Å². The molecule has 4 nitrogen and oxygen atoms in total. The zero-order valence-corrected chi connectivity index (χ0v) is 12.3. The van der Waals surface area contributed by atoms with Crippen molar-refractivity contribution in [1.29, 1.82) is 0 Å². The summed E-state index contributed by atoms with van der Waals surface area (Å²) in [6, 6.07) is 0. The molecule has 2 rings (SSSR count). The Labute approximate surface area is 116 Å². The van der Waals surface area contributed by atoms with Gasteiger partial charge in [0.2, 0.25) is 11.8 Å². The average Bonchev–Trinajstić information content (AvgIpc) is 2.43. The summed E-state index contributed by atoms with van der Waals surface area (Å²) in [7, 11) is 0. The molecule has 0 aromatic carbocycles. The number of nitrogens with one attached hydrogen (secondary N) is 1. The van der Waals surface area contributed by atoms with Crippen LogP contribution < -0.4 is 10.1 Å². The van der Waals surface area contributed by atoms with Gasteiger partial charge in [0, 0.05) is 18.3 Å². The van der Waals surface area contributed by atoms with Crippen LogP contribution in [-0.2, 0) is 0 Å². The highest BCUT2D eigenvalue weighted by Crippen LogP contribution is 2.30. The summed E-state index contributed by atoms with van der Waals surface area (Å²) < 4.78 is 6.11. The van der Waals surface area contributed by atoms with Crippen molar-refractivity contribution in [2.75, 3.05) is 11.9 Å². The number of aromatic nitrogens is 2. The van der Waals surface area contributed by atoms with E-state index < -0.39 is 0 Å². The van der Waals surface area contributed by atoms with Crippen LogP contribution in [0.4, 0.5) is 5.95 Å². The van der Waals surface area contributed by atoms with E-state index in [4.69, 9.17) is 4.74 Å². The maximum atomic E-state index is 6.11. The molecule has 0 aliphatic heterocycles. The second kappa shape index (κ2) is 6.73. The number of hydrogen-bond donors (Lipinski definition) is 1. The van der Waals surface area contributed by atoms with Gasteiger partial charge in [-0.3, -0.25) is 0 Å². The van der Waals surface area contributed by atoms with E-state index in [9.17, 15) is 0 Å². The first-order chi connectivity index (χ1) is 9.22. The molecule has 1 aliphatic rings. The summed E-state index contributed by atoms with van der Waals surface area (Å²) in [5.74, 6) is 2.22. The quantitative estimate of drug-likeness (QED) is 0.882. The summed E-state index contributed by atoms with van der Waals surface area (Å²) in [6.07, 6.45) is 8.34. The van der Waals surface area contributed by atoms with Crippen molar-refractivity contribution in [3.8, 4) is 5.88 Å². The van der Waals surface area contributed by atoms with Gasteiger partial charge in [0.05, 0.1) is 0 Å². The minimum Gasteiger partial charge on any atom is -0.474 e. The number of ether oxygens (including phenoxy) is 1. The molecule has 19 heavy (non-hydrogen) atoms. The first kappa shape index (κ1) is 14.1. The number of rotatable bonds is 5. The standard InChI is InChI=1S/C15H25N3O/c1-4-12-7-6-8-13(9-12)19-14-11(3)10-17-15(18-14)16-5-2/h10,12-13H,4-9H2,1-3H3,(H,16,17,18). The molecule has 1 saturated carbocycles. The maximum absolute atomic E-state index is 6.11. The summed E-state index contributed by atoms with van der Waals surface area (Å²) in [5, 5.41) is 3.13. The lowest BCUT2D eigenvalue weighted by Gasteiger charge is -2.28. The third-order valence-corrected chi connectivity index (χ3v) is 3.85. The van der Waals surface area contributed by atoms with Gasteiger partial charge >= 0.3 is 0 Å². The molecule has 2 atom stereocenters. The van der Waals surface area contributed by atoms with Crippen molar-refractivity contribution in [1.82, 2.24) is 9.97 Å². The lowest BCUT2D eigenvalue weighted by molar-refractivity contribution is 0.116. The largest absolute Gasteiger partial charge is 0.474 e. The Morgan fingerprint density at radius 1 is 1.37 bits per heavy atom. The molecule has 1 aliphatic carbocycles. The summed E-state index contributed by atoms with van der Waals surface area (Å²) >= 11 is 0. The summed E-state index contributed by atoms with van der Waals surface area (Å²) in [4.78, 5) is 8.71. The molecular weight excluding hydrogens is 238 g/mol. The highest BCUT2D eigenvalue weighted by Gasteiger charge is 2.23. The number of anilines is 1. The Balaban J connectivity index is 2.03. The van der Waals surface area contributed by atoms with Crippen LogP contribution in [-0.4, -0.2) is 22.6 Å². The second-order valence-electron chi connectivity index (χ2n) is 5.39. The zero-order valence-electron chi connectivity index (χ0n) is 12.3. The van der Waals surface area contributed by atoms with Gasteiger partial charge in [-0.2, -0.15) is 4.98 Å². The van der Waals surface area contributed by atoms with Crippen molar-refractivity contribution in [2.24, 2.45) is 5.92 Å². The van der Waals surface area contributed by atoms with E-state index >= 15 is 0 Å². The average molecular weight is 263 g/mol. The minimum absolute atomic E-state index is 0.321. The third kappa shape index (κ3) is 3.82. The molecule has 1 aromatic rings. The monoisotopic (exact) mass is 263 g/mol. The number of nitrogens with zero attached hydrogens (tertiary/aromatic N) is 2. The Hall–Kier alpha value is -1.32. The fourth-order valence-corrected chi connectivity index (χ4v) is 2.67. The molecule has 0 saturated heterocycles. The summed E-state index contributed by atoms with van der Waals surface area (Å²) in [5.41, 5.74) is 1.01. The van der Waals surface area contributed by atoms with Gasteiger partial charge in [-0.05, 0) is 39.0 Å². The molecule has 4 heteroatoms. The van der Waals surface area contributed by atoms with Crippen molar-refractivity contribution >= 4 is 5.95 Å². The molecule has 1 heterocycles. The molecule has 0 spiro atoms. The van der Waals surface area contributed by atoms with E-state index in [-0.39, 0.29) is 0 Å². The Morgan fingerprint density at radius 3 is 2.95 bits per heavy atom. The SMILES string of the molecule is CCNc1ncc(C)c(OC2CCCC(CC)C2)n1. The highest BCUT2D eigenvalue weighted by molar-refractivity contribution is 5.32. The topological polar surface area (TPSA) is 47.0 Å². The van der Waals surface area contributed by atoms with E-state index in [0.717, 1.165) is 36.7 Å². The van der Waals surface area contributed by atoms with Gasteiger partial charge in [0.25, 0.3) is 0 Å². The molecule has 1 aromatic heterocycles. The fraction of sp³-hybridized carbons (Fsp3) is 0.733. The van der Waals surface area contributed by atoms with E-state index in [2.05, 4.69) is 22.2 Å². The molecule has 1 fully saturated rings. The molecular formula is C15H25N3O. The van der Waals surface area contributed by atoms with Crippen LogP contribution >= 0.6 is 0 Å². The van der Waals surface area contributed by atoms with Gasteiger partial charge in [-0.25, -0.2) is 4.98 Å². The molecule has 106 valence electrons. The lowest BCUT2D eigenvalue weighted by atomic mass is 9.85. The zero-order chi connectivity index (χ0) is 13.7. The molecule has 0 bridgehead atoms. The van der Waals surface area contributed by atoms with Gasteiger partial charge in [-0.15, -0.1) is 0 Å². The van der Waals surface area contributed by atoms with Crippen molar-refractivity contribution in [2.45, 2.75) is 59.0 Å². The van der Waals surface area contributed by atoms with Crippen molar-refractivity contribution in [3.63, 3.8) is 0 Å². The number of hydrogen-bond acceptors (Lipinski definition) is 4. The minimum atomic E-state index is 0.321. The van der Waals surface area contributed by atoms with Crippen LogP contribution in [0, 0.1) is 12.8 Å². The highest BCUT2D eigenvalue weighted by atomic mass is 16.5. The third-order valence-electron chi connectivity index (χ3n) is 3.85. The predicted molar refractivity (Wildman–Crippen MR) is 77.6 cm³/mol. The van der Waals surface area contributed by atoms with Gasteiger partial charge in [-0.1, -0.05) is 19.8 Å². The van der Waals surface area contributed by atoms with Gasteiger partial charge in [0.15, 0.2) is 0 Å². The van der Waals surface area contributed by atoms with Crippen LogP contribution in [0.5, 0.6) is 5.88 Å². The van der Waals surface area contributed by atoms with Crippen molar-refractivity contribution < 1.29 is 4.74 Å². The summed E-state index contributed by atoms with van der Waals surface area (Å²) in [6.45, 7) is 7.14. The number of aryl methyl sites for hydroxylation is 1. The fourth-order valence-electron chi connectivity index (χ4n) is 2.67. The Kier molecular flexibility index (Phi) is 5.00. The van der Waals surface area contributed by atoms with E-state index in [1.807, 2.05) is 20.0 Å². The lowest BCUT2D eigenvalue weighted by Crippen LogP contribution is -2.26. The maximum Gasteiger partial charge on any atom is 0.225 e. The Bertz CT molecular complexity index is 408. The first-order valence-corrected chi connectivity index (χ1v) is 7.47.